The minimum atomic E-state index is -3.85. The number of likely N-dealkylation sites (N-methyl/N-ethyl adjacent to an activating group) is 1. The van der Waals surface area contributed by atoms with E-state index in [0.29, 0.717) is 5.02 Å². The highest BCUT2D eigenvalue weighted by Crippen LogP contribution is 2.17. The summed E-state index contributed by atoms with van der Waals surface area (Å²) < 4.78 is 25.5. The molecule has 116 valence electrons. The van der Waals surface area contributed by atoms with Crippen molar-refractivity contribution in [2.75, 3.05) is 26.7 Å². The molecule has 0 aromatic heterocycles. The minimum Gasteiger partial charge on any atom is -0.315 e. The SMILES string of the molecule is CN(CC(=O)N(CC#N)CC#N)S(=O)(=O)c1ccc(Cl)cc1. The molecule has 0 aliphatic heterocycles. The third kappa shape index (κ3) is 4.43. The number of sulfonamides is 1. The van der Waals surface area contributed by atoms with Crippen molar-refractivity contribution < 1.29 is 13.2 Å². The van der Waals surface area contributed by atoms with Gasteiger partial charge in [0.15, 0.2) is 0 Å². The van der Waals surface area contributed by atoms with Crippen LogP contribution in [-0.2, 0) is 14.8 Å². The Morgan fingerprint density at radius 3 is 2.14 bits per heavy atom. The largest absolute Gasteiger partial charge is 0.315 e. The summed E-state index contributed by atoms with van der Waals surface area (Å²) in [5.41, 5.74) is 0. The van der Waals surface area contributed by atoms with E-state index in [-0.39, 0.29) is 18.0 Å². The Balaban J connectivity index is 2.89. The van der Waals surface area contributed by atoms with Gasteiger partial charge in [0.25, 0.3) is 0 Å². The minimum absolute atomic E-state index is 0.000633. The van der Waals surface area contributed by atoms with E-state index in [1.165, 1.54) is 31.3 Å². The lowest BCUT2D eigenvalue weighted by Crippen LogP contribution is -2.41. The van der Waals surface area contributed by atoms with Crippen LogP contribution in [0.1, 0.15) is 0 Å². The Bertz CT molecular complexity index is 703. The maximum Gasteiger partial charge on any atom is 0.243 e. The number of nitriles is 2. The van der Waals surface area contributed by atoms with E-state index in [1.54, 1.807) is 12.1 Å². The fraction of sp³-hybridized carbons (Fsp3) is 0.308. The van der Waals surface area contributed by atoms with Crippen LogP contribution in [-0.4, -0.2) is 50.2 Å². The number of halogens is 1. The summed E-state index contributed by atoms with van der Waals surface area (Å²) in [5.74, 6) is -0.622. The summed E-state index contributed by atoms with van der Waals surface area (Å²) in [6, 6.07) is 9.04. The van der Waals surface area contributed by atoms with Crippen molar-refractivity contribution in [2.45, 2.75) is 4.90 Å². The second-order valence-corrected chi connectivity index (χ2v) is 6.76. The van der Waals surface area contributed by atoms with Gasteiger partial charge in [-0.3, -0.25) is 4.79 Å². The number of hydrogen-bond donors (Lipinski definition) is 0. The van der Waals surface area contributed by atoms with Crippen LogP contribution in [0.4, 0.5) is 0 Å². The highest BCUT2D eigenvalue weighted by atomic mass is 35.5. The molecule has 0 heterocycles. The Kier molecular flexibility index (Phi) is 6.32. The lowest BCUT2D eigenvalue weighted by molar-refractivity contribution is -0.130. The molecule has 0 bridgehead atoms. The molecule has 0 aliphatic carbocycles. The molecule has 1 aromatic rings. The fourth-order valence-electron chi connectivity index (χ4n) is 1.56. The summed E-state index contributed by atoms with van der Waals surface area (Å²) in [6.07, 6.45) is 0. The smallest absolute Gasteiger partial charge is 0.243 e. The van der Waals surface area contributed by atoms with E-state index in [0.717, 1.165) is 9.21 Å². The zero-order valence-electron chi connectivity index (χ0n) is 11.7. The molecule has 0 spiro atoms. The third-order valence-corrected chi connectivity index (χ3v) is 4.83. The monoisotopic (exact) mass is 340 g/mol. The van der Waals surface area contributed by atoms with Crippen molar-refractivity contribution in [3.63, 3.8) is 0 Å². The molecule has 0 radical (unpaired) electrons. The van der Waals surface area contributed by atoms with Crippen LogP contribution in [0, 0.1) is 22.7 Å². The van der Waals surface area contributed by atoms with Crippen LogP contribution in [0.25, 0.3) is 0 Å². The first-order valence-corrected chi connectivity index (χ1v) is 7.88. The molecule has 22 heavy (non-hydrogen) atoms. The molecule has 1 rings (SSSR count). The fourth-order valence-corrected chi connectivity index (χ4v) is 2.81. The molecule has 0 atom stereocenters. The predicted octanol–water partition coefficient (Wildman–Crippen LogP) is 0.836. The second kappa shape index (κ2) is 7.76. The van der Waals surface area contributed by atoms with Gasteiger partial charge in [-0.2, -0.15) is 14.8 Å². The maximum absolute atomic E-state index is 12.3. The van der Waals surface area contributed by atoms with Crippen molar-refractivity contribution in [1.29, 1.82) is 10.5 Å². The molecule has 0 saturated heterocycles. The molecule has 7 nitrogen and oxygen atoms in total. The van der Waals surface area contributed by atoms with E-state index >= 15 is 0 Å². The van der Waals surface area contributed by atoms with E-state index in [1.807, 2.05) is 0 Å². The van der Waals surface area contributed by atoms with Crippen molar-refractivity contribution in [1.82, 2.24) is 9.21 Å². The standard InChI is InChI=1S/C13H13ClN4O3S/c1-17(10-13(19)18(8-6-15)9-7-16)22(20,21)12-4-2-11(14)3-5-12/h2-5H,8-10H2,1H3. The summed E-state index contributed by atoms with van der Waals surface area (Å²) >= 11 is 5.71. The number of carbonyl (C=O) groups is 1. The van der Waals surface area contributed by atoms with Gasteiger partial charge >= 0.3 is 0 Å². The van der Waals surface area contributed by atoms with Gasteiger partial charge in [-0.25, -0.2) is 8.42 Å². The van der Waals surface area contributed by atoms with Gasteiger partial charge in [0.2, 0.25) is 15.9 Å². The van der Waals surface area contributed by atoms with E-state index < -0.39 is 22.5 Å². The van der Waals surface area contributed by atoms with Crippen LogP contribution < -0.4 is 0 Å². The number of benzene rings is 1. The Hall–Kier alpha value is -2.13. The molecule has 0 unspecified atom stereocenters. The first-order valence-electron chi connectivity index (χ1n) is 6.06. The van der Waals surface area contributed by atoms with E-state index in [4.69, 9.17) is 22.1 Å². The van der Waals surface area contributed by atoms with Gasteiger partial charge in [0.1, 0.15) is 13.1 Å². The lowest BCUT2D eigenvalue weighted by atomic mass is 10.4. The zero-order chi connectivity index (χ0) is 16.8. The third-order valence-electron chi connectivity index (χ3n) is 2.76. The Morgan fingerprint density at radius 2 is 1.68 bits per heavy atom. The zero-order valence-corrected chi connectivity index (χ0v) is 13.3. The normalized spacial score (nSPS) is 10.8. The van der Waals surface area contributed by atoms with Crippen LogP contribution in [0.2, 0.25) is 5.02 Å². The van der Waals surface area contributed by atoms with Crippen molar-refractivity contribution in [3.8, 4) is 12.1 Å². The highest BCUT2D eigenvalue weighted by molar-refractivity contribution is 7.89. The maximum atomic E-state index is 12.3. The number of rotatable bonds is 6. The molecule has 9 heteroatoms. The Morgan fingerprint density at radius 1 is 1.18 bits per heavy atom. The van der Waals surface area contributed by atoms with Crippen LogP contribution in [0.3, 0.4) is 0 Å². The lowest BCUT2D eigenvalue weighted by Gasteiger charge is -2.21. The Labute approximate surface area is 134 Å². The highest BCUT2D eigenvalue weighted by Gasteiger charge is 2.25. The average molecular weight is 341 g/mol. The molecule has 1 amide bonds. The first-order chi connectivity index (χ1) is 10.3. The van der Waals surface area contributed by atoms with Crippen molar-refractivity contribution >= 4 is 27.5 Å². The summed E-state index contributed by atoms with van der Waals surface area (Å²) in [7, 11) is -2.60. The average Bonchev–Trinajstić information content (AvgIpc) is 2.47. The van der Waals surface area contributed by atoms with Gasteiger partial charge < -0.3 is 4.90 Å². The van der Waals surface area contributed by atoms with Crippen LogP contribution in [0.5, 0.6) is 0 Å². The van der Waals surface area contributed by atoms with Gasteiger partial charge in [-0.15, -0.1) is 0 Å². The van der Waals surface area contributed by atoms with E-state index in [9.17, 15) is 13.2 Å². The molecule has 0 N–H and O–H groups in total. The number of amides is 1. The summed E-state index contributed by atoms with van der Waals surface area (Å²) in [4.78, 5) is 12.9. The number of hydrogen-bond acceptors (Lipinski definition) is 5. The van der Waals surface area contributed by atoms with Gasteiger partial charge in [-0.1, -0.05) is 11.6 Å². The molecular formula is C13H13ClN4O3S. The van der Waals surface area contributed by atoms with Crippen molar-refractivity contribution in [3.05, 3.63) is 29.3 Å². The molecule has 0 aliphatic rings. The molecular weight excluding hydrogens is 328 g/mol. The quantitative estimate of drug-likeness (QED) is 0.713. The van der Waals surface area contributed by atoms with E-state index in [2.05, 4.69) is 0 Å². The summed E-state index contributed by atoms with van der Waals surface area (Å²) in [5, 5.41) is 17.6. The van der Waals surface area contributed by atoms with Gasteiger partial charge in [0.05, 0.1) is 23.6 Å². The molecule has 0 saturated carbocycles. The molecule has 1 aromatic carbocycles. The van der Waals surface area contributed by atoms with Crippen LogP contribution in [0.15, 0.2) is 29.2 Å². The number of carbonyl (C=O) groups excluding carboxylic acids is 1. The molecule has 0 fully saturated rings. The number of nitrogens with zero attached hydrogens (tertiary/aromatic N) is 4. The van der Waals surface area contributed by atoms with Gasteiger partial charge in [0, 0.05) is 12.1 Å². The second-order valence-electron chi connectivity index (χ2n) is 4.28. The topological polar surface area (TPSA) is 105 Å². The first kappa shape index (κ1) is 17.9. The predicted molar refractivity (Wildman–Crippen MR) is 79.1 cm³/mol. The van der Waals surface area contributed by atoms with Gasteiger partial charge in [-0.05, 0) is 24.3 Å². The van der Waals surface area contributed by atoms with Crippen LogP contribution >= 0.6 is 11.6 Å². The van der Waals surface area contributed by atoms with Crippen molar-refractivity contribution in [2.24, 2.45) is 0 Å². The summed E-state index contributed by atoms with van der Waals surface area (Å²) in [6.45, 7) is -1.02.